The number of nitrogens with zero attached hydrogens (tertiary/aromatic N) is 1. The molecule has 2 aliphatic rings. The molecule has 0 aromatic rings. The number of aliphatic hydroxyl groups is 1. The number of hydrogen-bond acceptors (Lipinski definition) is 4. The summed E-state index contributed by atoms with van der Waals surface area (Å²) in [5.74, 6) is -0.0453. The van der Waals surface area contributed by atoms with Crippen molar-refractivity contribution < 1.29 is 24.5 Å². The molecule has 2 fully saturated rings. The van der Waals surface area contributed by atoms with Crippen molar-refractivity contribution in [1.82, 2.24) is 4.90 Å². The summed E-state index contributed by atoms with van der Waals surface area (Å²) >= 11 is 0. The van der Waals surface area contributed by atoms with Gasteiger partial charge in [-0.3, -0.25) is 4.79 Å². The van der Waals surface area contributed by atoms with Crippen molar-refractivity contribution >= 4 is 12.1 Å². The summed E-state index contributed by atoms with van der Waals surface area (Å²) < 4.78 is 4.85. The van der Waals surface area contributed by atoms with Gasteiger partial charge in [-0.1, -0.05) is 0 Å². The standard InChI is InChI=1S/C12H19NO5/c1-2-18-10(14)5-12(17)3-8-6-13(11(15)16)7-9(8)4-12/h8-9,17H,2-7H2,1H3,(H,15,16). The summed E-state index contributed by atoms with van der Waals surface area (Å²) in [4.78, 5) is 23.6. The number of esters is 1. The van der Waals surface area contributed by atoms with Crippen LogP contribution in [0.5, 0.6) is 0 Å². The number of hydrogen-bond donors (Lipinski definition) is 2. The molecule has 0 bridgehead atoms. The lowest BCUT2D eigenvalue weighted by Crippen LogP contribution is -2.34. The summed E-state index contributed by atoms with van der Waals surface area (Å²) in [6.45, 7) is 2.97. The van der Waals surface area contributed by atoms with Crippen molar-refractivity contribution in [3.8, 4) is 0 Å². The molecule has 1 saturated heterocycles. The quantitative estimate of drug-likeness (QED) is 0.726. The molecule has 0 aromatic heterocycles. The Labute approximate surface area is 106 Å². The van der Waals surface area contributed by atoms with Gasteiger partial charge in [0.25, 0.3) is 0 Å². The zero-order chi connectivity index (χ0) is 13.3. The fourth-order valence-electron chi connectivity index (χ4n) is 3.24. The van der Waals surface area contributed by atoms with Crippen LogP contribution in [0, 0.1) is 11.8 Å². The molecule has 1 aliphatic heterocycles. The second-order valence-electron chi connectivity index (χ2n) is 5.32. The molecule has 1 aliphatic carbocycles. The molecule has 0 spiro atoms. The third-order valence-corrected chi connectivity index (χ3v) is 3.91. The van der Waals surface area contributed by atoms with E-state index in [0.717, 1.165) is 0 Å². The Balaban J connectivity index is 1.90. The van der Waals surface area contributed by atoms with Gasteiger partial charge in [-0.05, 0) is 31.6 Å². The van der Waals surface area contributed by atoms with Gasteiger partial charge in [0.1, 0.15) is 0 Å². The summed E-state index contributed by atoms with van der Waals surface area (Å²) in [6, 6.07) is 0. The van der Waals surface area contributed by atoms with Crippen LogP contribution in [0.15, 0.2) is 0 Å². The Bertz CT molecular complexity index is 342. The molecule has 2 N–H and O–H groups in total. The first-order chi connectivity index (χ1) is 8.43. The average molecular weight is 257 g/mol. The predicted octanol–water partition coefficient (Wildman–Crippen LogP) is 0.690. The maximum Gasteiger partial charge on any atom is 0.407 e. The minimum absolute atomic E-state index is 0.0148. The molecule has 6 heteroatoms. The molecule has 0 radical (unpaired) electrons. The highest BCUT2D eigenvalue weighted by molar-refractivity contribution is 5.70. The molecule has 1 amide bonds. The van der Waals surface area contributed by atoms with E-state index in [1.165, 1.54) is 4.90 Å². The molecule has 2 unspecified atom stereocenters. The normalized spacial score (nSPS) is 34.4. The second kappa shape index (κ2) is 4.76. The van der Waals surface area contributed by atoms with Crippen LogP contribution in [-0.2, 0) is 9.53 Å². The average Bonchev–Trinajstić information content (AvgIpc) is 2.72. The largest absolute Gasteiger partial charge is 0.466 e. The number of rotatable bonds is 3. The summed E-state index contributed by atoms with van der Waals surface area (Å²) in [7, 11) is 0. The SMILES string of the molecule is CCOC(=O)CC1(O)CC2CN(C(=O)O)CC2C1. The molecule has 1 saturated carbocycles. The number of likely N-dealkylation sites (tertiary alicyclic amines) is 1. The van der Waals surface area contributed by atoms with Gasteiger partial charge < -0.3 is 19.8 Å². The number of ether oxygens (including phenoxy) is 1. The third-order valence-electron chi connectivity index (χ3n) is 3.91. The van der Waals surface area contributed by atoms with E-state index in [2.05, 4.69) is 0 Å². The fraction of sp³-hybridized carbons (Fsp3) is 0.833. The fourth-order valence-corrected chi connectivity index (χ4v) is 3.24. The maximum absolute atomic E-state index is 11.4. The molecule has 1 heterocycles. The second-order valence-corrected chi connectivity index (χ2v) is 5.32. The van der Waals surface area contributed by atoms with Gasteiger partial charge in [0.2, 0.25) is 0 Å². The lowest BCUT2D eigenvalue weighted by atomic mass is 9.96. The monoisotopic (exact) mass is 257 g/mol. The van der Waals surface area contributed by atoms with E-state index in [1.807, 2.05) is 0 Å². The van der Waals surface area contributed by atoms with Crippen LogP contribution in [0.1, 0.15) is 26.2 Å². The lowest BCUT2D eigenvalue weighted by Gasteiger charge is -2.24. The van der Waals surface area contributed by atoms with E-state index < -0.39 is 11.7 Å². The number of amides is 1. The first-order valence-corrected chi connectivity index (χ1v) is 6.29. The zero-order valence-electron chi connectivity index (χ0n) is 10.5. The highest BCUT2D eigenvalue weighted by Gasteiger charge is 2.50. The third kappa shape index (κ3) is 2.58. The number of carbonyl (C=O) groups is 2. The van der Waals surface area contributed by atoms with Crippen molar-refractivity contribution in [3.63, 3.8) is 0 Å². The first-order valence-electron chi connectivity index (χ1n) is 6.29. The Morgan fingerprint density at radius 3 is 2.33 bits per heavy atom. The van der Waals surface area contributed by atoms with E-state index in [1.54, 1.807) is 6.92 Å². The molecule has 2 atom stereocenters. The van der Waals surface area contributed by atoms with Crippen LogP contribution >= 0.6 is 0 Å². The maximum atomic E-state index is 11.4. The number of carboxylic acid groups (broad SMARTS) is 1. The van der Waals surface area contributed by atoms with Crippen molar-refractivity contribution in [2.24, 2.45) is 11.8 Å². The molecule has 102 valence electrons. The Kier molecular flexibility index (Phi) is 3.47. The summed E-state index contributed by atoms with van der Waals surface area (Å²) in [5, 5.41) is 19.3. The highest BCUT2D eigenvalue weighted by atomic mass is 16.5. The van der Waals surface area contributed by atoms with Crippen molar-refractivity contribution in [1.29, 1.82) is 0 Å². The Hall–Kier alpha value is -1.30. The number of fused-ring (bicyclic) bond motifs is 1. The first kappa shape index (κ1) is 13.1. The molecule has 6 nitrogen and oxygen atoms in total. The minimum atomic E-state index is -1.01. The van der Waals surface area contributed by atoms with E-state index in [0.29, 0.717) is 32.5 Å². The molecule has 18 heavy (non-hydrogen) atoms. The zero-order valence-corrected chi connectivity index (χ0v) is 10.5. The van der Waals surface area contributed by atoms with E-state index in [-0.39, 0.29) is 24.2 Å². The van der Waals surface area contributed by atoms with E-state index >= 15 is 0 Å². The van der Waals surface area contributed by atoms with Crippen LogP contribution in [0.25, 0.3) is 0 Å². The molecule has 0 aromatic carbocycles. The van der Waals surface area contributed by atoms with Crippen LogP contribution in [-0.4, -0.2) is 52.5 Å². The highest BCUT2D eigenvalue weighted by Crippen LogP contribution is 2.45. The smallest absolute Gasteiger partial charge is 0.407 e. The number of carbonyl (C=O) groups excluding carboxylic acids is 1. The van der Waals surface area contributed by atoms with Crippen molar-refractivity contribution in [2.45, 2.75) is 31.8 Å². The van der Waals surface area contributed by atoms with Gasteiger partial charge in [0.15, 0.2) is 0 Å². The Morgan fingerprint density at radius 1 is 1.33 bits per heavy atom. The van der Waals surface area contributed by atoms with Crippen LogP contribution in [0.4, 0.5) is 4.79 Å². The van der Waals surface area contributed by atoms with Crippen LogP contribution in [0.2, 0.25) is 0 Å². The topological polar surface area (TPSA) is 87.1 Å². The van der Waals surface area contributed by atoms with Crippen molar-refractivity contribution in [2.75, 3.05) is 19.7 Å². The van der Waals surface area contributed by atoms with Gasteiger partial charge in [0, 0.05) is 13.1 Å². The van der Waals surface area contributed by atoms with Crippen LogP contribution < -0.4 is 0 Å². The van der Waals surface area contributed by atoms with Crippen LogP contribution in [0.3, 0.4) is 0 Å². The van der Waals surface area contributed by atoms with Gasteiger partial charge >= 0.3 is 12.1 Å². The van der Waals surface area contributed by atoms with Gasteiger partial charge in [-0.25, -0.2) is 4.79 Å². The van der Waals surface area contributed by atoms with Gasteiger partial charge in [-0.15, -0.1) is 0 Å². The predicted molar refractivity (Wildman–Crippen MR) is 62.0 cm³/mol. The molecular formula is C12H19NO5. The Morgan fingerprint density at radius 2 is 1.89 bits per heavy atom. The van der Waals surface area contributed by atoms with E-state index in [9.17, 15) is 14.7 Å². The molecular weight excluding hydrogens is 238 g/mol. The van der Waals surface area contributed by atoms with Crippen molar-refractivity contribution in [3.05, 3.63) is 0 Å². The van der Waals surface area contributed by atoms with E-state index in [4.69, 9.17) is 9.84 Å². The molecule has 2 rings (SSSR count). The van der Waals surface area contributed by atoms with Gasteiger partial charge in [0.05, 0.1) is 18.6 Å². The summed E-state index contributed by atoms with van der Waals surface area (Å²) in [6.07, 6.45) is 0.0832. The minimum Gasteiger partial charge on any atom is -0.466 e. The summed E-state index contributed by atoms with van der Waals surface area (Å²) in [5.41, 5.74) is -1.01. The van der Waals surface area contributed by atoms with Gasteiger partial charge in [-0.2, -0.15) is 0 Å². The lowest BCUT2D eigenvalue weighted by molar-refractivity contribution is -0.148.